The number of aliphatic hydroxyl groups is 1. The Balaban J connectivity index is 1.94. The van der Waals surface area contributed by atoms with E-state index in [0.29, 0.717) is 4.88 Å². The van der Waals surface area contributed by atoms with Gasteiger partial charge < -0.3 is 10.4 Å². The zero-order valence-corrected chi connectivity index (χ0v) is 11.8. The van der Waals surface area contributed by atoms with Crippen molar-refractivity contribution < 1.29 is 9.90 Å². The van der Waals surface area contributed by atoms with Crippen molar-refractivity contribution in [2.75, 3.05) is 6.54 Å². The molecule has 0 aromatic carbocycles. The zero-order chi connectivity index (χ0) is 13.1. The first-order valence-corrected chi connectivity index (χ1v) is 7.26. The second kappa shape index (κ2) is 5.60. The fourth-order valence-electron chi connectivity index (χ4n) is 1.59. The first-order chi connectivity index (χ1) is 8.58. The standard InChI is InChI=1S/C12H14N2O2S2/c1-7-11(18-8(2)14-7)12(16)13-5-10(15)9-3-4-17-6-9/h3-4,6,10,15H,5H2,1-2H3,(H,13,16). The molecule has 96 valence electrons. The fraction of sp³-hybridized carbons (Fsp3) is 0.333. The summed E-state index contributed by atoms with van der Waals surface area (Å²) in [5.74, 6) is -0.174. The van der Waals surface area contributed by atoms with E-state index in [0.717, 1.165) is 16.3 Å². The van der Waals surface area contributed by atoms with Crippen molar-refractivity contribution in [3.05, 3.63) is 38.0 Å². The Morgan fingerprint density at radius 1 is 1.56 bits per heavy atom. The van der Waals surface area contributed by atoms with Crippen molar-refractivity contribution in [2.24, 2.45) is 0 Å². The molecule has 0 bridgehead atoms. The van der Waals surface area contributed by atoms with Crippen LogP contribution in [0.5, 0.6) is 0 Å². The predicted octanol–water partition coefficient (Wildman–Crippen LogP) is 2.28. The molecule has 1 unspecified atom stereocenters. The molecule has 0 fully saturated rings. The van der Waals surface area contributed by atoms with E-state index >= 15 is 0 Å². The van der Waals surface area contributed by atoms with Crippen LogP contribution in [0.4, 0.5) is 0 Å². The summed E-state index contributed by atoms with van der Waals surface area (Å²) >= 11 is 2.89. The molecule has 0 spiro atoms. The molecule has 1 atom stereocenters. The van der Waals surface area contributed by atoms with Gasteiger partial charge in [-0.25, -0.2) is 4.98 Å². The number of hydrogen-bond acceptors (Lipinski definition) is 5. The van der Waals surface area contributed by atoms with Crippen molar-refractivity contribution >= 4 is 28.6 Å². The highest BCUT2D eigenvalue weighted by Gasteiger charge is 2.15. The van der Waals surface area contributed by atoms with E-state index in [9.17, 15) is 9.90 Å². The molecule has 0 aliphatic rings. The summed E-state index contributed by atoms with van der Waals surface area (Å²) in [5, 5.41) is 17.2. The predicted molar refractivity (Wildman–Crippen MR) is 73.2 cm³/mol. The monoisotopic (exact) mass is 282 g/mol. The van der Waals surface area contributed by atoms with Crippen molar-refractivity contribution in [2.45, 2.75) is 20.0 Å². The molecule has 0 radical (unpaired) electrons. The Morgan fingerprint density at radius 3 is 2.89 bits per heavy atom. The highest BCUT2D eigenvalue weighted by molar-refractivity contribution is 7.13. The topological polar surface area (TPSA) is 62.2 Å². The number of nitrogens with zero attached hydrogens (tertiary/aromatic N) is 1. The lowest BCUT2D eigenvalue weighted by atomic mass is 10.2. The van der Waals surface area contributed by atoms with E-state index < -0.39 is 6.10 Å². The van der Waals surface area contributed by atoms with Crippen LogP contribution in [0.1, 0.15) is 32.0 Å². The Kier molecular flexibility index (Phi) is 4.11. The summed E-state index contributed by atoms with van der Waals surface area (Å²) in [6.07, 6.45) is -0.658. The van der Waals surface area contributed by atoms with E-state index in [4.69, 9.17) is 0 Å². The number of thiophene rings is 1. The van der Waals surface area contributed by atoms with Crippen LogP contribution >= 0.6 is 22.7 Å². The van der Waals surface area contributed by atoms with Crippen LogP contribution < -0.4 is 5.32 Å². The highest BCUT2D eigenvalue weighted by atomic mass is 32.1. The van der Waals surface area contributed by atoms with Crippen LogP contribution in [0.15, 0.2) is 16.8 Å². The van der Waals surface area contributed by atoms with E-state index in [1.807, 2.05) is 30.7 Å². The molecule has 2 heterocycles. The van der Waals surface area contributed by atoms with Crippen molar-refractivity contribution in [1.82, 2.24) is 10.3 Å². The number of rotatable bonds is 4. The largest absolute Gasteiger partial charge is 0.387 e. The molecule has 4 nitrogen and oxygen atoms in total. The molecule has 2 rings (SSSR count). The van der Waals surface area contributed by atoms with Crippen molar-refractivity contribution in [3.63, 3.8) is 0 Å². The van der Waals surface area contributed by atoms with E-state index in [2.05, 4.69) is 10.3 Å². The molecular formula is C12H14N2O2S2. The smallest absolute Gasteiger partial charge is 0.263 e. The van der Waals surface area contributed by atoms with Crippen LogP contribution in [0, 0.1) is 13.8 Å². The molecule has 6 heteroatoms. The summed E-state index contributed by atoms with van der Waals surface area (Å²) in [7, 11) is 0. The quantitative estimate of drug-likeness (QED) is 0.904. The van der Waals surface area contributed by atoms with Gasteiger partial charge in [0.05, 0.1) is 16.8 Å². The van der Waals surface area contributed by atoms with Crippen molar-refractivity contribution in [1.29, 1.82) is 0 Å². The van der Waals surface area contributed by atoms with Gasteiger partial charge in [-0.2, -0.15) is 11.3 Å². The lowest BCUT2D eigenvalue weighted by Crippen LogP contribution is -2.28. The molecule has 0 saturated heterocycles. The number of aryl methyl sites for hydroxylation is 2. The SMILES string of the molecule is Cc1nc(C)c(C(=O)NCC(O)c2ccsc2)s1. The molecular weight excluding hydrogens is 268 g/mol. The van der Waals surface area contributed by atoms with Gasteiger partial charge in [-0.15, -0.1) is 11.3 Å². The maximum absolute atomic E-state index is 11.9. The molecule has 0 saturated carbocycles. The number of aliphatic hydroxyl groups excluding tert-OH is 1. The lowest BCUT2D eigenvalue weighted by Gasteiger charge is -2.09. The van der Waals surface area contributed by atoms with Crippen LogP contribution in [-0.4, -0.2) is 22.5 Å². The first-order valence-electron chi connectivity index (χ1n) is 5.50. The van der Waals surface area contributed by atoms with E-state index in [1.165, 1.54) is 22.7 Å². The van der Waals surface area contributed by atoms with Gasteiger partial charge in [0.1, 0.15) is 4.88 Å². The number of aromatic nitrogens is 1. The third-order valence-corrected chi connectivity index (χ3v) is 4.27. The summed E-state index contributed by atoms with van der Waals surface area (Å²) in [4.78, 5) is 16.7. The second-order valence-corrected chi connectivity index (χ2v) is 5.91. The average molecular weight is 282 g/mol. The second-order valence-electron chi connectivity index (χ2n) is 3.93. The molecule has 2 aromatic rings. The lowest BCUT2D eigenvalue weighted by molar-refractivity contribution is 0.0920. The minimum absolute atomic E-state index is 0.174. The zero-order valence-electron chi connectivity index (χ0n) is 10.1. The highest BCUT2D eigenvalue weighted by Crippen LogP contribution is 2.18. The van der Waals surface area contributed by atoms with Gasteiger partial charge >= 0.3 is 0 Å². The van der Waals surface area contributed by atoms with Crippen molar-refractivity contribution in [3.8, 4) is 0 Å². The van der Waals surface area contributed by atoms with Gasteiger partial charge in [0, 0.05) is 6.54 Å². The molecule has 18 heavy (non-hydrogen) atoms. The number of thiazole rings is 1. The molecule has 2 N–H and O–H groups in total. The maximum Gasteiger partial charge on any atom is 0.263 e. The summed E-state index contributed by atoms with van der Waals surface area (Å²) in [6.45, 7) is 3.90. The van der Waals surface area contributed by atoms with Gasteiger partial charge in [-0.1, -0.05) is 0 Å². The third kappa shape index (κ3) is 2.95. The normalized spacial score (nSPS) is 12.4. The molecule has 2 aromatic heterocycles. The third-order valence-electron chi connectivity index (χ3n) is 2.49. The number of hydrogen-bond donors (Lipinski definition) is 2. The van der Waals surface area contributed by atoms with E-state index in [1.54, 1.807) is 0 Å². The Labute approximate surface area is 113 Å². The number of carbonyl (C=O) groups excluding carboxylic acids is 1. The van der Waals surface area contributed by atoms with Crippen LogP contribution in [0.3, 0.4) is 0 Å². The van der Waals surface area contributed by atoms with Gasteiger partial charge in [0.25, 0.3) is 5.91 Å². The summed E-state index contributed by atoms with van der Waals surface area (Å²) < 4.78 is 0. The number of nitrogens with one attached hydrogen (secondary N) is 1. The van der Waals surface area contributed by atoms with Gasteiger partial charge in [-0.05, 0) is 36.2 Å². The fourth-order valence-corrected chi connectivity index (χ4v) is 3.14. The van der Waals surface area contributed by atoms with Crippen LogP contribution in [0.25, 0.3) is 0 Å². The molecule has 0 aliphatic heterocycles. The Morgan fingerprint density at radius 2 is 2.33 bits per heavy atom. The van der Waals surface area contributed by atoms with Gasteiger partial charge in [0.15, 0.2) is 0 Å². The minimum Gasteiger partial charge on any atom is -0.387 e. The minimum atomic E-state index is -0.658. The van der Waals surface area contributed by atoms with Gasteiger partial charge in [-0.3, -0.25) is 4.79 Å². The number of carbonyl (C=O) groups is 1. The first kappa shape index (κ1) is 13.2. The average Bonchev–Trinajstić information content (AvgIpc) is 2.95. The Hall–Kier alpha value is -1.24. The van der Waals surface area contributed by atoms with E-state index in [-0.39, 0.29) is 12.5 Å². The molecule has 1 amide bonds. The maximum atomic E-state index is 11.9. The van der Waals surface area contributed by atoms with Gasteiger partial charge in [0.2, 0.25) is 0 Å². The number of amides is 1. The molecule has 0 aliphatic carbocycles. The summed E-state index contributed by atoms with van der Waals surface area (Å²) in [6, 6.07) is 1.85. The van der Waals surface area contributed by atoms with Crippen LogP contribution in [-0.2, 0) is 0 Å². The Bertz CT molecular complexity index is 534. The van der Waals surface area contributed by atoms with Crippen LogP contribution in [0.2, 0.25) is 0 Å². The summed E-state index contributed by atoms with van der Waals surface area (Å²) in [5.41, 5.74) is 1.57.